The third-order valence-electron chi connectivity index (χ3n) is 3.91. The van der Waals surface area contributed by atoms with E-state index >= 15 is 0 Å². The maximum absolute atomic E-state index is 12.0. The van der Waals surface area contributed by atoms with Gasteiger partial charge in [-0.25, -0.2) is 4.98 Å². The summed E-state index contributed by atoms with van der Waals surface area (Å²) in [5.41, 5.74) is 0. The molecule has 118 valence electrons. The molecule has 0 saturated heterocycles. The zero-order valence-corrected chi connectivity index (χ0v) is 13.0. The van der Waals surface area contributed by atoms with Gasteiger partial charge in [0.1, 0.15) is 5.82 Å². The number of amides is 1. The molecular weight excluding hydrogens is 282 g/mol. The number of nitrogens with one attached hydrogen (secondary N) is 1. The summed E-state index contributed by atoms with van der Waals surface area (Å²) in [6.07, 6.45) is 6.95. The van der Waals surface area contributed by atoms with Gasteiger partial charge in [0.25, 0.3) is 0 Å². The number of hydrogen-bond acceptors (Lipinski definition) is 5. The highest BCUT2D eigenvalue weighted by Gasteiger charge is 2.28. The fourth-order valence-corrected chi connectivity index (χ4v) is 2.48. The molecule has 0 spiro atoms. The van der Waals surface area contributed by atoms with Crippen molar-refractivity contribution < 1.29 is 9.32 Å². The SMILES string of the molecule is Cc1nccn1C(C)CC(=O)NCCc1nc(C2CC2)no1. The second kappa shape index (κ2) is 6.29. The van der Waals surface area contributed by atoms with E-state index in [1.165, 1.54) is 0 Å². The first-order valence-electron chi connectivity index (χ1n) is 7.72. The standard InChI is InChI=1S/C15H21N5O2/c1-10(20-8-7-16-11(20)2)9-13(21)17-6-5-14-18-15(19-22-14)12-3-4-12/h7-8,10,12H,3-6,9H2,1-2H3,(H,17,21). The van der Waals surface area contributed by atoms with Crippen LogP contribution in [0.1, 0.15) is 55.7 Å². The van der Waals surface area contributed by atoms with E-state index in [1.807, 2.05) is 24.6 Å². The Kier molecular flexibility index (Phi) is 4.22. The highest BCUT2D eigenvalue weighted by atomic mass is 16.5. The summed E-state index contributed by atoms with van der Waals surface area (Å²) >= 11 is 0. The molecule has 1 N–H and O–H groups in total. The Morgan fingerprint density at radius 1 is 1.55 bits per heavy atom. The lowest BCUT2D eigenvalue weighted by Crippen LogP contribution is -2.28. The minimum atomic E-state index is 0.0162. The molecule has 1 aliphatic carbocycles. The third kappa shape index (κ3) is 3.52. The average molecular weight is 303 g/mol. The molecule has 1 fully saturated rings. The third-order valence-corrected chi connectivity index (χ3v) is 3.91. The van der Waals surface area contributed by atoms with E-state index in [1.54, 1.807) is 6.20 Å². The first kappa shape index (κ1) is 14.7. The van der Waals surface area contributed by atoms with Crippen LogP contribution in [-0.4, -0.2) is 32.1 Å². The molecule has 2 aromatic rings. The summed E-state index contributed by atoms with van der Waals surface area (Å²) in [6, 6.07) is 0.0902. The number of aromatic nitrogens is 4. The van der Waals surface area contributed by atoms with Crippen LogP contribution in [0, 0.1) is 6.92 Å². The van der Waals surface area contributed by atoms with Crippen molar-refractivity contribution in [3.63, 3.8) is 0 Å². The minimum absolute atomic E-state index is 0.0162. The van der Waals surface area contributed by atoms with Crippen molar-refractivity contribution in [3.8, 4) is 0 Å². The number of hydrogen-bond donors (Lipinski definition) is 1. The molecule has 1 unspecified atom stereocenters. The topological polar surface area (TPSA) is 85.8 Å². The molecule has 1 aliphatic rings. The van der Waals surface area contributed by atoms with Crippen LogP contribution in [0.2, 0.25) is 0 Å². The molecule has 0 aromatic carbocycles. The fraction of sp³-hybridized carbons (Fsp3) is 0.600. The van der Waals surface area contributed by atoms with Crippen LogP contribution in [0.25, 0.3) is 0 Å². The normalized spacial score (nSPS) is 15.7. The van der Waals surface area contributed by atoms with Crippen molar-refractivity contribution in [2.24, 2.45) is 0 Å². The second-order valence-corrected chi connectivity index (χ2v) is 5.86. The summed E-state index contributed by atoms with van der Waals surface area (Å²) in [6.45, 7) is 4.45. The van der Waals surface area contributed by atoms with Crippen molar-refractivity contribution in [2.75, 3.05) is 6.54 Å². The van der Waals surface area contributed by atoms with Crippen LogP contribution >= 0.6 is 0 Å². The van der Waals surface area contributed by atoms with Crippen LogP contribution in [0.4, 0.5) is 0 Å². The Balaban J connectivity index is 1.41. The van der Waals surface area contributed by atoms with E-state index in [0.717, 1.165) is 24.5 Å². The Morgan fingerprint density at radius 2 is 2.36 bits per heavy atom. The van der Waals surface area contributed by atoms with Gasteiger partial charge >= 0.3 is 0 Å². The highest BCUT2D eigenvalue weighted by Crippen LogP contribution is 2.38. The van der Waals surface area contributed by atoms with Gasteiger partial charge in [-0.2, -0.15) is 4.98 Å². The van der Waals surface area contributed by atoms with Gasteiger partial charge in [-0.15, -0.1) is 0 Å². The molecule has 22 heavy (non-hydrogen) atoms. The number of carbonyl (C=O) groups excluding carboxylic acids is 1. The molecule has 2 aromatic heterocycles. The number of carbonyl (C=O) groups is 1. The van der Waals surface area contributed by atoms with Crippen molar-refractivity contribution in [3.05, 3.63) is 29.9 Å². The maximum Gasteiger partial charge on any atom is 0.228 e. The first-order valence-corrected chi connectivity index (χ1v) is 7.72. The predicted molar refractivity (Wildman–Crippen MR) is 79.3 cm³/mol. The Morgan fingerprint density at radius 3 is 3.05 bits per heavy atom. The average Bonchev–Trinajstić information content (AvgIpc) is 3.07. The van der Waals surface area contributed by atoms with Crippen LogP contribution in [0.5, 0.6) is 0 Å². The smallest absolute Gasteiger partial charge is 0.228 e. The molecule has 3 rings (SSSR count). The summed E-state index contributed by atoms with van der Waals surface area (Å²) < 4.78 is 7.18. The highest BCUT2D eigenvalue weighted by molar-refractivity contribution is 5.76. The lowest BCUT2D eigenvalue weighted by atomic mass is 10.2. The van der Waals surface area contributed by atoms with Crippen molar-refractivity contribution in [2.45, 2.75) is 51.5 Å². The molecule has 0 aliphatic heterocycles. The van der Waals surface area contributed by atoms with Gasteiger partial charge in [0.2, 0.25) is 11.8 Å². The van der Waals surface area contributed by atoms with Gasteiger partial charge in [-0.05, 0) is 26.7 Å². The van der Waals surface area contributed by atoms with E-state index in [0.29, 0.717) is 31.2 Å². The van der Waals surface area contributed by atoms with Crippen LogP contribution in [0.3, 0.4) is 0 Å². The molecule has 7 heteroatoms. The molecule has 0 bridgehead atoms. The van der Waals surface area contributed by atoms with Crippen molar-refractivity contribution >= 4 is 5.91 Å². The largest absolute Gasteiger partial charge is 0.356 e. The van der Waals surface area contributed by atoms with E-state index in [2.05, 4.69) is 20.4 Å². The quantitative estimate of drug-likeness (QED) is 0.842. The Bertz CT molecular complexity index is 644. The van der Waals surface area contributed by atoms with Crippen LogP contribution < -0.4 is 5.32 Å². The van der Waals surface area contributed by atoms with Gasteiger partial charge in [0, 0.05) is 43.7 Å². The molecule has 1 amide bonds. The van der Waals surface area contributed by atoms with Gasteiger partial charge < -0.3 is 14.4 Å². The lowest BCUT2D eigenvalue weighted by molar-refractivity contribution is -0.121. The van der Waals surface area contributed by atoms with E-state index in [9.17, 15) is 4.79 Å². The number of nitrogens with zero attached hydrogens (tertiary/aromatic N) is 4. The van der Waals surface area contributed by atoms with Crippen LogP contribution in [-0.2, 0) is 11.2 Å². The fourth-order valence-electron chi connectivity index (χ4n) is 2.48. The number of imidazole rings is 1. The zero-order valence-electron chi connectivity index (χ0n) is 13.0. The number of rotatable bonds is 7. The molecule has 1 saturated carbocycles. The van der Waals surface area contributed by atoms with Crippen LogP contribution in [0.15, 0.2) is 16.9 Å². The monoisotopic (exact) mass is 303 g/mol. The second-order valence-electron chi connectivity index (χ2n) is 5.86. The van der Waals surface area contributed by atoms with Crippen molar-refractivity contribution in [1.82, 2.24) is 25.0 Å². The van der Waals surface area contributed by atoms with E-state index in [4.69, 9.17) is 4.52 Å². The Labute approximate surface area is 129 Å². The maximum atomic E-state index is 12.0. The molecule has 2 heterocycles. The minimum Gasteiger partial charge on any atom is -0.356 e. The molecule has 7 nitrogen and oxygen atoms in total. The molecule has 1 atom stereocenters. The zero-order chi connectivity index (χ0) is 15.5. The molecule has 0 radical (unpaired) electrons. The Hall–Kier alpha value is -2.18. The van der Waals surface area contributed by atoms with E-state index < -0.39 is 0 Å². The summed E-state index contributed by atoms with van der Waals surface area (Å²) in [4.78, 5) is 20.5. The molecular formula is C15H21N5O2. The number of aryl methyl sites for hydroxylation is 1. The first-order chi connectivity index (χ1) is 10.6. The van der Waals surface area contributed by atoms with Crippen molar-refractivity contribution in [1.29, 1.82) is 0 Å². The summed E-state index contributed by atoms with van der Waals surface area (Å²) in [5, 5.41) is 6.86. The summed E-state index contributed by atoms with van der Waals surface area (Å²) in [7, 11) is 0. The lowest BCUT2D eigenvalue weighted by Gasteiger charge is -2.14. The van der Waals surface area contributed by atoms with Gasteiger partial charge in [0.15, 0.2) is 5.82 Å². The van der Waals surface area contributed by atoms with Gasteiger partial charge in [0.05, 0.1) is 0 Å². The predicted octanol–water partition coefficient (Wildman–Crippen LogP) is 1.76. The summed E-state index contributed by atoms with van der Waals surface area (Å²) in [5.74, 6) is 2.83. The van der Waals surface area contributed by atoms with E-state index in [-0.39, 0.29) is 11.9 Å². The van der Waals surface area contributed by atoms with Gasteiger partial charge in [-0.1, -0.05) is 5.16 Å². The van der Waals surface area contributed by atoms with Gasteiger partial charge in [-0.3, -0.25) is 4.79 Å².